The molecular weight excluding hydrogens is 422 g/mol. The van der Waals surface area contributed by atoms with Gasteiger partial charge in [-0.1, -0.05) is 64.2 Å². The molecular formula is C27H44ClNO3. The number of rotatable bonds is 8. The minimum atomic E-state index is -0.378. The van der Waals surface area contributed by atoms with Crippen molar-refractivity contribution in [2.75, 3.05) is 20.8 Å². The van der Waals surface area contributed by atoms with Crippen molar-refractivity contribution in [3.8, 4) is 11.5 Å². The molecule has 0 amide bonds. The highest BCUT2D eigenvalue weighted by Crippen LogP contribution is 2.42. The van der Waals surface area contributed by atoms with Crippen LogP contribution in [0.25, 0.3) is 0 Å². The summed E-state index contributed by atoms with van der Waals surface area (Å²) in [7, 11) is 3.43. The second kappa shape index (κ2) is 12.5. The van der Waals surface area contributed by atoms with Crippen LogP contribution in [0.2, 0.25) is 0 Å². The van der Waals surface area contributed by atoms with Crippen molar-refractivity contribution in [3.05, 3.63) is 23.3 Å². The lowest BCUT2D eigenvalue weighted by atomic mass is 9.68. The molecule has 1 aromatic carbocycles. The number of benzene rings is 1. The number of hydrogen-bond donors (Lipinski definition) is 2. The highest BCUT2D eigenvalue weighted by Gasteiger charge is 2.33. The van der Waals surface area contributed by atoms with E-state index in [4.69, 9.17) is 9.47 Å². The van der Waals surface area contributed by atoms with Crippen LogP contribution in [0.15, 0.2) is 12.1 Å². The molecule has 2 saturated carbocycles. The summed E-state index contributed by atoms with van der Waals surface area (Å²) in [4.78, 5) is 0. The largest absolute Gasteiger partial charge is 0.496 e. The third-order valence-corrected chi connectivity index (χ3v) is 8.48. The Bertz CT molecular complexity index is 682. The normalized spacial score (nSPS) is 24.6. The molecule has 32 heavy (non-hydrogen) atoms. The molecule has 4 nitrogen and oxygen atoms in total. The van der Waals surface area contributed by atoms with Crippen molar-refractivity contribution in [2.24, 2.45) is 17.8 Å². The fourth-order valence-corrected chi connectivity index (χ4v) is 6.81. The van der Waals surface area contributed by atoms with Crippen LogP contribution in [0.4, 0.5) is 0 Å². The zero-order chi connectivity index (χ0) is 21.6. The summed E-state index contributed by atoms with van der Waals surface area (Å²) in [5.74, 6) is 4.51. The van der Waals surface area contributed by atoms with Gasteiger partial charge >= 0.3 is 0 Å². The summed E-state index contributed by atoms with van der Waals surface area (Å²) in [6, 6.07) is 4.04. The fraction of sp³-hybridized carbons (Fsp3) is 0.778. The van der Waals surface area contributed by atoms with Crippen LogP contribution in [0, 0.1) is 17.8 Å². The van der Waals surface area contributed by atoms with Gasteiger partial charge in [0.1, 0.15) is 11.5 Å². The molecule has 0 saturated heterocycles. The molecule has 2 atom stereocenters. The second-order valence-electron chi connectivity index (χ2n) is 10.2. The van der Waals surface area contributed by atoms with E-state index in [2.05, 4.69) is 5.32 Å². The van der Waals surface area contributed by atoms with E-state index >= 15 is 0 Å². The number of hydrogen-bond acceptors (Lipinski definition) is 4. The lowest BCUT2D eigenvalue weighted by Gasteiger charge is -2.39. The van der Waals surface area contributed by atoms with E-state index in [0.29, 0.717) is 6.42 Å². The topological polar surface area (TPSA) is 50.7 Å². The van der Waals surface area contributed by atoms with Crippen LogP contribution in [-0.4, -0.2) is 38.0 Å². The number of fused-ring (bicyclic) bond motifs is 1. The van der Waals surface area contributed by atoms with E-state index in [1.807, 2.05) is 12.1 Å². The van der Waals surface area contributed by atoms with E-state index < -0.39 is 0 Å². The second-order valence-corrected chi connectivity index (χ2v) is 10.2. The van der Waals surface area contributed by atoms with E-state index in [-0.39, 0.29) is 24.6 Å². The Hall–Kier alpha value is -0.970. The number of aliphatic hydroxyl groups excluding tert-OH is 1. The van der Waals surface area contributed by atoms with Gasteiger partial charge in [0.25, 0.3) is 0 Å². The van der Waals surface area contributed by atoms with E-state index in [0.717, 1.165) is 47.8 Å². The van der Waals surface area contributed by atoms with Crippen molar-refractivity contribution in [1.29, 1.82) is 0 Å². The molecule has 0 aliphatic heterocycles. The summed E-state index contributed by atoms with van der Waals surface area (Å²) in [6.45, 7) is 1.01. The highest BCUT2D eigenvalue weighted by molar-refractivity contribution is 5.85. The Morgan fingerprint density at radius 2 is 1.34 bits per heavy atom. The zero-order valence-corrected chi connectivity index (χ0v) is 20.9. The number of methoxy groups -OCH3 is 2. The molecule has 0 aromatic heterocycles. The van der Waals surface area contributed by atoms with Gasteiger partial charge in [-0.05, 0) is 49.3 Å². The molecule has 0 heterocycles. The molecule has 3 aliphatic carbocycles. The van der Waals surface area contributed by atoms with Gasteiger partial charge in [-0.25, -0.2) is 0 Å². The Labute approximate surface area is 201 Å². The number of nitrogens with one attached hydrogen (secondary N) is 1. The maximum absolute atomic E-state index is 10.9. The van der Waals surface area contributed by atoms with Gasteiger partial charge < -0.3 is 19.9 Å². The lowest BCUT2D eigenvalue weighted by molar-refractivity contribution is 0.107. The van der Waals surface area contributed by atoms with E-state index in [9.17, 15) is 5.11 Å². The van der Waals surface area contributed by atoms with Gasteiger partial charge in [0, 0.05) is 23.6 Å². The number of aliphatic hydroxyl groups is 1. The third-order valence-electron chi connectivity index (χ3n) is 8.48. The zero-order valence-electron chi connectivity index (χ0n) is 20.1. The maximum Gasteiger partial charge on any atom is 0.122 e. The van der Waals surface area contributed by atoms with E-state index in [1.165, 1.54) is 76.2 Å². The quantitative estimate of drug-likeness (QED) is 0.516. The molecule has 0 radical (unpaired) electrons. The summed E-state index contributed by atoms with van der Waals surface area (Å²) in [5.41, 5.74) is 2.30. The van der Waals surface area contributed by atoms with Gasteiger partial charge in [0.15, 0.2) is 0 Å². The minimum absolute atomic E-state index is 0. The average molecular weight is 466 g/mol. The predicted octanol–water partition coefficient (Wildman–Crippen LogP) is 5.71. The van der Waals surface area contributed by atoms with Crippen LogP contribution in [0.1, 0.15) is 81.8 Å². The van der Waals surface area contributed by atoms with Gasteiger partial charge in [0.05, 0.1) is 20.3 Å². The SMILES string of the molecule is COc1ccc(OC)c2c1C[C@H](NCCC(C1CCCCC1)C1CCCCC1)[C@@H](O)C2.Cl. The first-order valence-electron chi connectivity index (χ1n) is 12.9. The summed E-state index contributed by atoms with van der Waals surface area (Å²) in [6.07, 6.45) is 16.7. The van der Waals surface area contributed by atoms with Crippen molar-refractivity contribution in [1.82, 2.24) is 5.32 Å². The molecule has 0 bridgehead atoms. The van der Waals surface area contributed by atoms with Crippen LogP contribution in [0.3, 0.4) is 0 Å². The first-order chi connectivity index (χ1) is 15.2. The summed E-state index contributed by atoms with van der Waals surface area (Å²) in [5, 5.41) is 14.7. The van der Waals surface area contributed by atoms with Crippen molar-refractivity contribution in [2.45, 2.75) is 95.6 Å². The van der Waals surface area contributed by atoms with Crippen LogP contribution in [-0.2, 0) is 12.8 Å². The molecule has 5 heteroatoms. The van der Waals surface area contributed by atoms with Crippen LogP contribution in [0.5, 0.6) is 11.5 Å². The van der Waals surface area contributed by atoms with E-state index in [1.54, 1.807) is 14.2 Å². The molecule has 0 spiro atoms. The van der Waals surface area contributed by atoms with Gasteiger partial charge in [-0.2, -0.15) is 0 Å². The molecule has 1 aromatic rings. The molecule has 2 fully saturated rings. The van der Waals surface area contributed by atoms with Gasteiger partial charge in [-0.3, -0.25) is 0 Å². The highest BCUT2D eigenvalue weighted by atomic mass is 35.5. The van der Waals surface area contributed by atoms with Gasteiger partial charge in [0.2, 0.25) is 0 Å². The Kier molecular flexibility index (Phi) is 10.0. The minimum Gasteiger partial charge on any atom is -0.496 e. The first kappa shape index (κ1) is 25.6. The fourth-order valence-electron chi connectivity index (χ4n) is 6.81. The standard InChI is InChI=1S/C27H43NO3.ClH/c1-30-26-13-14-27(31-2)23-18-25(29)24(17-22(23)26)28-16-15-21(19-9-5-3-6-10-19)20-11-7-4-8-12-20;/h13-14,19-21,24-25,28-29H,3-12,15-18H2,1-2H3;1H/t24-,25-;/m0./s1. The van der Waals surface area contributed by atoms with Gasteiger partial charge in [-0.15, -0.1) is 12.4 Å². The molecule has 0 unspecified atom stereocenters. The first-order valence-corrected chi connectivity index (χ1v) is 12.9. The molecule has 4 rings (SSSR count). The van der Waals surface area contributed by atoms with Crippen LogP contribution >= 0.6 is 12.4 Å². The number of ether oxygens (including phenoxy) is 2. The summed E-state index contributed by atoms with van der Waals surface area (Å²) < 4.78 is 11.2. The molecule has 3 aliphatic rings. The van der Waals surface area contributed by atoms with Crippen molar-refractivity contribution < 1.29 is 14.6 Å². The Morgan fingerprint density at radius 3 is 1.84 bits per heavy atom. The molecule has 2 N–H and O–H groups in total. The average Bonchev–Trinajstić information content (AvgIpc) is 2.82. The number of halogens is 1. The Balaban J connectivity index is 0.00000289. The van der Waals surface area contributed by atoms with Crippen molar-refractivity contribution in [3.63, 3.8) is 0 Å². The third kappa shape index (κ3) is 5.93. The maximum atomic E-state index is 10.9. The monoisotopic (exact) mass is 465 g/mol. The summed E-state index contributed by atoms with van der Waals surface area (Å²) >= 11 is 0. The predicted molar refractivity (Wildman–Crippen MR) is 133 cm³/mol. The smallest absolute Gasteiger partial charge is 0.122 e. The van der Waals surface area contributed by atoms with Crippen LogP contribution < -0.4 is 14.8 Å². The molecule has 182 valence electrons. The Morgan fingerprint density at radius 1 is 0.844 bits per heavy atom. The lowest BCUT2D eigenvalue weighted by Crippen LogP contribution is -2.46. The van der Waals surface area contributed by atoms with Crippen molar-refractivity contribution >= 4 is 12.4 Å².